The highest BCUT2D eigenvalue weighted by molar-refractivity contribution is 5.89. The normalized spacial score (nSPS) is 26.7. The minimum absolute atomic E-state index is 0.212. The third-order valence-corrected chi connectivity index (χ3v) is 4.48. The predicted octanol–water partition coefficient (Wildman–Crippen LogP) is 1.94. The molecule has 6 nitrogen and oxygen atoms in total. The lowest BCUT2D eigenvalue weighted by Gasteiger charge is -2.34. The second-order valence-electron chi connectivity index (χ2n) is 5.97. The van der Waals surface area contributed by atoms with Crippen molar-refractivity contribution in [3.05, 3.63) is 35.9 Å². The maximum atomic E-state index is 12.4. The third kappa shape index (κ3) is 3.38. The van der Waals surface area contributed by atoms with Crippen LogP contribution in [0, 0.1) is 0 Å². The first-order chi connectivity index (χ1) is 11.2. The molecule has 0 saturated carbocycles. The first kappa shape index (κ1) is 16.0. The van der Waals surface area contributed by atoms with Crippen molar-refractivity contribution >= 4 is 11.9 Å². The van der Waals surface area contributed by atoms with E-state index in [-0.39, 0.29) is 12.1 Å². The Morgan fingerprint density at radius 2 is 2.09 bits per heavy atom. The second-order valence-corrected chi connectivity index (χ2v) is 5.97. The fraction of sp³-hybridized carbons (Fsp3) is 0.529. The maximum Gasteiger partial charge on any atom is 0.357 e. The van der Waals surface area contributed by atoms with Gasteiger partial charge in [0.15, 0.2) is 5.54 Å². The smallest absolute Gasteiger partial charge is 0.357 e. The van der Waals surface area contributed by atoms with Crippen LogP contribution in [0.2, 0.25) is 0 Å². The van der Waals surface area contributed by atoms with Crippen molar-refractivity contribution in [2.75, 3.05) is 20.3 Å². The lowest BCUT2D eigenvalue weighted by molar-refractivity contribution is -0.190. The molecule has 2 aliphatic rings. The molecule has 124 valence electrons. The zero-order valence-electron chi connectivity index (χ0n) is 13.2. The summed E-state index contributed by atoms with van der Waals surface area (Å²) in [7, 11) is 1.37. The predicted molar refractivity (Wildman–Crippen MR) is 81.5 cm³/mol. The quantitative estimate of drug-likeness (QED) is 0.590. The fourth-order valence-corrected chi connectivity index (χ4v) is 3.09. The Kier molecular flexibility index (Phi) is 4.63. The number of rotatable bonds is 6. The highest BCUT2D eigenvalue weighted by Gasteiger charge is 2.51. The highest BCUT2D eigenvalue weighted by Crippen LogP contribution is 2.37. The number of ether oxygens (including phenoxy) is 2. The summed E-state index contributed by atoms with van der Waals surface area (Å²) in [5.41, 5.74) is -0.436. The standard InChI is InChI=1S/C17H21NO5/c1-21-16(20)17(10-8-14-12-22-14)9-5-11-18(17)23-15(19)13-6-3-2-4-7-13/h2-4,6-7,14H,5,8-12H2,1H3. The van der Waals surface area contributed by atoms with Crippen LogP contribution in [-0.2, 0) is 19.1 Å². The summed E-state index contributed by atoms with van der Waals surface area (Å²) in [5.74, 6) is -0.806. The van der Waals surface area contributed by atoms with Crippen molar-refractivity contribution in [2.24, 2.45) is 0 Å². The van der Waals surface area contributed by atoms with E-state index in [0.717, 1.165) is 19.4 Å². The van der Waals surface area contributed by atoms with Crippen molar-refractivity contribution < 1.29 is 23.9 Å². The Morgan fingerprint density at radius 3 is 2.74 bits per heavy atom. The number of hydrogen-bond acceptors (Lipinski definition) is 6. The molecule has 1 aromatic rings. The SMILES string of the molecule is COC(=O)C1(CCC2CO2)CCCN1OC(=O)c1ccccc1. The van der Waals surface area contributed by atoms with Crippen LogP contribution < -0.4 is 0 Å². The molecule has 0 aromatic heterocycles. The minimum Gasteiger partial charge on any atom is -0.468 e. The Balaban J connectivity index is 1.74. The number of carbonyl (C=O) groups is 2. The number of hydroxylamine groups is 2. The molecule has 0 aliphatic carbocycles. The van der Waals surface area contributed by atoms with Gasteiger partial charge in [-0.3, -0.25) is 0 Å². The number of nitrogens with zero attached hydrogens (tertiary/aromatic N) is 1. The van der Waals surface area contributed by atoms with Gasteiger partial charge in [0, 0.05) is 6.54 Å². The molecule has 0 radical (unpaired) electrons. The summed E-state index contributed by atoms with van der Waals surface area (Å²) in [6.07, 6.45) is 2.93. The van der Waals surface area contributed by atoms with Crippen molar-refractivity contribution in [3.63, 3.8) is 0 Å². The Hall–Kier alpha value is -1.92. The fourth-order valence-electron chi connectivity index (χ4n) is 3.09. The van der Waals surface area contributed by atoms with E-state index in [1.165, 1.54) is 12.2 Å². The molecule has 2 heterocycles. The maximum absolute atomic E-state index is 12.4. The van der Waals surface area contributed by atoms with Crippen LogP contribution in [0.1, 0.15) is 36.0 Å². The first-order valence-electron chi connectivity index (χ1n) is 7.91. The van der Waals surface area contributed by atoms with Gasteiger partial charge in [-0.05, 0) is 37.8 Å². The molecule has 6 heteroatoms. The summed E-state index contributed by atoms with van der Waals surface area (Å²) in [6.45, 7) is 1.26. The van der Waals surface area contributed by atoms with E-state index < -0.39 is 11.5 Å². The number of epoxide rings is 1. The van der Waals surface area contributed by atoms with Crippen LogP contribution in [0.25, 0.3) is 0 Å². The van der Waals surface area contributed by atoms with Crippen LogP contribution in [0.15, 0.2) is 30.3 Å². The average molecular weight is 319 g/mol. The van der Waals surface area contributed by atoms with E-state index in [1.54, 1.807) is 24.3 Å². The molecule has 2 unspecified atom stereocenters. The van der Waals surface area contributed by atoms with Gasteiger partial charge in [-0.1, -0.05) is 18.2 Å². The number of carbonyl (C=O) groups excluding carboxylic acids is 2. The van der Waals surface area contributed by atoms with Gasteiger partial charge in [0.2, 0.25) is 0 Å². The molecule has 23 heavy (non-hydrogen) atoms. The molecule has 0 bridgehead atoms. The molecule has 0 amide bonds. The monoisotopic (exact) mass is 319 g/mol. The van der Waals surface area contributed by atoms with Crippen LogP contribution in [0.5, 0.6) is 0 Å². The third-order valence-electron chi connectivity index (χ3n) is 4.48. The molecule has 3 rings (SSSR count). The van der Waals surface area contributed by atoms with E-state index in [9.17, 15) is 9.59 Å². The van der Waals surface area contributed by atoms with Crippen LogP contribution in [0.3, 0.4) is 0 Å². The number of hydrogen-bond donors (Lipinski definition) is 0. The average Bonchev–Trinajstić information content (AvgIpc) is 3.34. The summed E-state index contributed by atoms with van der Waals surface area (Å²) < 4.78 is 10.2. The van der Waals surface area contributed by atoms with Crippen LogP contribution in [-0.4, -0.2) is 48.9 Å². The summed E-state index contributed by atoms with van der Waals surface area (Å²) in [4.78, 5) is 30.3. The largest absolute Gasteiger partial charge is 0.468 e. The number of benzene rings is 1. The molecular weight excluding hydrogens is 298 g/mol. The van der Waals surface area contributed by atoms with Crippen molar-refractivity contribution in [2.45, 2.75) is 37.3 Å². The van der Waals surface area contributed by atoms with Gasteiger partial charge in [-0.2, -0.15) is 0 Å². The van der Waals surface area contributed by atoms with E-state index in [2.05, 4.69) is 0 Å². The molecule has 2 fully saturated rings. The Labute approximate surface area is 135 Å². The van der Waals surface area contributed by atoms with E-state index in [1.807, 2.05) is 6.07 Å². The van der Waals surface area contributed by atoms with Gasteiger partial charge in [-0.15, -0.1) is 5.06 Å². The number of methoxy groups -OCH3 is 1. The van der Waals surface area contributed by atoms with Crippen LogP contribution in [0.4, 0.5) is 0 Å². The molecule has 1 aromatic carbocycles. The highest BCUT2D eigenvalue weighted by atomic mass is 16.7. The topological polar surface area (TPSA) is 68.4 Å². The van der Waals surface area contributed by atoms with E-state index in [4.69, 9.17) is 14.3 Å². The summed E-state index contributed by atoms with van der Waals surface area (Å²) in [6, 6.07) is 8.77. The molecule has 2 atom stereocenters. The number of esters is 1. The van der Waals surface area contributed by atoms with Gasteiger partial charge >= 0.3 is 11.9 Å². The van der Waals surface area contributed by atoms with Crippen molar-refractivity contribution in [1.82, 2.24) is 5.06 Å². The van der Waals surface area contributed by atoms with Crippen molar-refractivity contribution in [3.8, 4) is 0 Å². The lowest BCUT2D eigenvalue weighted by atomic mass is 9.90. The molecule has 2 aliphatic heterocycles. The lowest BCUT2D eigenvalue weighted by Crippen LogP contribution is -2.52. The molecule has 2 saturated heterocycles. The zero-order valence-corrected chi connectivity index (χ0v) is 13.2. The molecular formula is C17H21NO5. The van der Waals surface area contributed by atoms with Gasteiger partial charge in [0.05, 0.1) is 25.4 Å². The molecule has 0 spiro atoms. The van der Waals surface area contributed by atoms with E-state index in [0.29, 0.717) is 24.9 Å². The Morgan fingerprint density at radius 1 is 1.35 bits per heavy atom. The van der Waals surface area contributed by atoms with Gasteiger partial charge < -0.3 is 14.3 Å². The summed E-state index contributed by atoms with van der Waals surface area (Å²) >= 11 is 0. The summed E-state index contributed by atoms with van der Waals surface area (Å²) in [5, 5.41) is 1.51. The van der Waals surface area contributed by atoms with Gasteiger partial charge in [0.25, 0.3) is 0 Å². The van der Waals surface area contributed by atoms with Crippen molar-refractivity contribution in [1.29, 1.82) is 0 Å². The van der Waals surface area contributed by atoms with E-state index >= 15 is 0 Å². The Bertz CT molecular complexity index is 572. The van der Waals surface area contributed by atoms with Gasteiger partial charge in [0.1, 0.15) is 0 Å². The zero-order chi connectivity index (χ0) is 16.3. The first-order valence-corrected chi connectivity index (χ1v) is 7.91. The minimum atomic E-state index is -0.898. The second kappa shape index (κ2) is 6.68. The van der Waals surface area contributed by atoms with Gasteiger partial charge in [-0.25, -0.2) is 9.59 Å². The molecule has 0 N–H and O–H groups in total. The van der Waals surface area contributed by atoms with Crippen LogP contribution >= 0.6 is 0 Å².